The Morgan fingerprint density at radius 3 is 2.74 bits per heavy atom. The summed E-state index contributed by atoms with van der Waals surface area (Å²) in [6, 6.07) is 12.9. The van der Waals surface area contributed by atoms with Crippen LogP contribution in [0, 0.1) is 0 Å². The number of hydrogen-bond acceptors (Lipinski definition) is 2. The molecule has 1 aromatic carbocycles. The number of carbonyl (C=O) groups is 1. The Morgan fingerprint density at radius 1 is 1.17 bits per heavy atom. The van der Waals surface area contributed by atoms with Gasteiger partial charge in [-0.2, -0.15) is 0 Å². The number of rotatable bonds is 2. The van der Waals surface area contributed by atoms with Gasteiger partial charge in [0.15, 0.2) is 0 Å². The monoisotopic (exact) mass is 324 g/mol. The van der Waals surface area contributed by atoms with E-state index in [2.05, 4.69) is 60.2 Å². The van der Waals surface area contributed by atoms with Crippen LogP contribution in [-0.4, -0.2) is 21.9 Å². The Hall–Kier alpha value is -2.07. The van der Waals surface area contributed by atoms with Crippen LogP contribution in [0.4, 0.5) is 0 Å². The predicted octanol–water partition coefficient (Wildman–Crippen LogP) is 4.48. The highest BCUT2D eigenvalue weighted by molar-refractivity contribution is 7.16. The number of amides is 1. The molecule has 0 atom stereocenters. The molecule has 0 aliphatic carbocycles. The quantitative estimate of drug-likeness (QED) is 0.682. The zero-order chi connectivity index (χ0) is 16.0. The minimum Gasteiger partial charge on any atom is -0.333 e. The molecule has 1 aliphatic heterocycles. The summed E-state index contributed by atoms with van der Waals surface area (Å²) >= 11 is 1.71. The van der Waals surface area contributed by atoms with Crippen molar-refractivity contribution < 1.29 is 4.79 Å². The molecule has 1 aliphatic rings. The number of nitrogens with zero attached hydrogens (tertiary/aromatic N) is 2. The van der Waals surface area contributed by atoms with E-state index in [1.807, 2.05) is 4.90 Å². The molecule has 0 spiro atoms. The Bertz CT molecular complexity index is 875. The van der Waals surface area contributed by atoms with E-state index in [9.17, 15) is 4.79 Å². The maximum atomic E-state index is 13.1. The van der Waals surface area contributed by atoms with Crippen molar-refractivity contribution in [3.05, 3.63) is 58.6 Å². The van der Waals surface area contributed by atoms with Crippen molar-refractivity contribution >= 4 is 27.5 Å². The minimum atomic E-state index is 0.150. The van der Waals surface area contributed by atoms with Gasteiger partial charge >= 0.3 is 0 Å². The van der Waals surface area contributed by atoms with E-state index in [4.69, 9.17) is 0 Å². The average molecular weight is 324 g/mol. The molecule has 0 fully saturated rings. The number of carbonyl (C=O) groups excluding carboxylic acids is 1. The van der Waals surface area contributed by atoms with Crippen molar-refractivity contribution in [1.29, 1.82) is 0 Å². The molecule has 3 aromatic rings. The van der Waals surface area contributed by atoms with Gasteiger partial charge in [-0.25, -0.2) is 0 Å². The summed E-state index contributed by atoms with van der Waals surface area (Å²) in [6.07, 6.45) is 0.943. The van der Waals surface area contributed by atoms with Crippen molar-refractivity contribution in [2.24, 2.45) is 0 Å². The van der Waals surface area contributed by atoms with Crippen LogP contribution in [0.5, 0.6) is 0 Å². The van der Waals surface area contributed by atoms with Gasteiger partial charge < -0.3 is 9.47 Å². The highest BCUT2D eigenvalue weighted by Gasteiger charge is 2.26. The van der Waals surface area contributed by atoms with Crippen LogP contribution in [0.25, 0.3) is 10.2 Å². The molecule has 2 aromatic heterocycles. The van der Waals surface area contributed by atoms with Crippen LogP contribution in [0.3, 0.4) is 0 Å². The van der Waals surface area contributed by atoms with Gasteiger partial charge in [0, 0.05) is 24.5 Å². The van der Waals surface area contributed by atoms with Crippen molar-refractivity contribution in [3.8, 4) is 0 Å². The normalized spacial score (nSPS) is 14.5. The molecule has 0 unspecified atom stereocenters. The first-order valence-electron chi connectivity index (χ1n) is 8.09. The molecule has 3 nitrogen and oxygen atoms in total. The maximum Gasteiger partial charge on any atom is 0.270 e. The zero-order valence-electron chi connectivity index (χ0n) is 13.5. The Balaban J connectivity index is 1.70. The third-order valence-corrected chi connectivity index (χ3v) is 5.53. The molecule has 0 radical (unpaired) electrons. The molecule has 0 saturated heterocycles. The minimum absolute atomic E-state index is 0.150. The van der Waals surface area contributed by atoms with E-state index in [1.54, 1.807) is 11.3 Å². The number of thiophene rings is 1. The van der Waals surface area contributed by atoms with Crippen LogP contribution >= 0.6 is 11.3 Å². The third-order valence-electron chi connectivity index (χ3n) is 4.60. The maximum absolute atomic E-state index is 13.1. The predicted molar refractivity (Wildman–Crippen MR) is 95.1 cm³/mol. The second kappa shape index (κ2) is 5.53. The van der Waals surface area contributed by atoms with Gasteiger partial charge in [0.25, 0.3) is 5.91 Å². The van der Waals surface area contributed by atoms with E-state index in [-0.39, 0.29) is 11.9 Å². The van der Waals surface area contributed by atoms with Gasteiger partial charge in [0.05, 0.1) is 0 Å². The van der Waals surface area contributed by atoms with E-state index in [1.165, 1.54) is 21.3 Å². The molecule has 23 heavy (non-hydrogen) atoms. The van der Waals surface area contributed by atoms with Gasteiger partial charge in [-0.05, 0) is 48.9 Å². The fourth-order valence-corrected chi connectivity index (χ4v) is 4.48. The van der Waals surface area contributed by atoms with Gasteiger partial charge in [-0.3, -0.25) is 4.79 Å². The number of benzene rings is 1. The first-order valence-corrected chi connectivity index (χ1v) is 8.97. The molecule has 4 heteroatoms. The largest absolute Gasteiger partial charge is 0.333 e. The van der Waals surface area contributed by atoms with Crippen molar-refractivity contribution in [3.63, 3.8) is 0 Å². The molecule has 0 saturated carbocycles. The molecular weight excluding hydrogens is 304 g/mol. The lowest BCUT2D eigenvalue weighted by molar-refractivity contribution is 0.0723. The van der Waals surface area contributed by atoms with Crippen LogP contribution in [0.15, 0.2) is 41.8 Å². The Kier molecular flexibility index (Phi) is 3.49. The van der Waals surface area contributed by atoms with Crippen LogP contribution in [0.2, 0.25) is 0 Å². The zero-order valence-corrected chi connectivity index (χ0v) is 14.3. The van der Waals surface area contributed by atoms with Crippen molar-refractivity contribution in [1.82, 2.24) is 9.47 Å². The second-order valence-corrected chi connectivity index (χ2v) is 7.31. The first-order chi connectivity index (χ1) is 11.1. The fourth-order valence-electron chi connectivity index (χ4n) is 3.45. The lowest BCUT2D eigenvalue weighted by Crippen LogP contribution is -2.37. The topological polar surface area (TPSA) is 25.2 Å². The van der Waals surface area contributed by atoms with Gasteiger partial charge in [0.1, 0.15) is 10.5 Å². The van der Waals surface area contributed by atoms with E-state index >= 15 is 0 Å². The first kappa shape index (κ1) is 14.5. The summed E-state index contributed by atoms with van der Waals surface area (Å²) in [7, 11) is 0. The molecule has 1 amide bonds. The molecule has 118 valence electrons. The second-order valence-electron chi connectivity index (χ2n) is 6.42. The van der Waals surface area contributed by atoms with Gasteiger partial charge in [-0.15, -0.1) is 11.3 Å². The number of aromatic nitrogens is 1. The van der Waals surface area contributed by atoms with E-state index in [0.717, 1.165) is 18.7 Å². The highest BCUT2D eigenvalue weighted by atomic mass is 32.1. The highest BCUT2D eigenvalue weighted by Crippen LogP contribution is 2.30. The SMILES string of the molecule is CC(C)n1c(C(=O)N2CCc3ccccc3C2)cc2ccsc21. The standard InChI is InChI=1S/C19H20N2OS/c1-13(2)21-17(11-15-8-10-23-19(15)21)18(22)20-9-7-14-5-3-4-6-16(14)12-20/h3-6,8,10-11,13H,7,9,12H2,1-2H3. The van der Waals surface area contributed by atoms with Crippen LogP contribution < -0.4 is 0 Å². The van der Waals surface area contributed by atoms with Crippen LogP contribution in [0.1, 0.15) is 41.5 Å². The van der Waals surface area contributed by atoms with Gasteiger partial charge in [-0.1, -0.05) is 24.3 Å². The molecular formula is C19H20N2OS. The summed E-state index contributed by atoms with van der Waals surface area (Å²) in [4.78, 5) is 16.3. The summed E-state index contributed by atoms with van der Waals surface area (Å²) < 4.78 is 2.18. The molecule has 3 heterocycles. The van der Waals surface area contributed by atoms with E-state index < -0.39 is 0 Å². The van der Waals surface area contributed by atoms with Crippen molar-refractivity contribution in [2.75, 3.05) is 6.54 Å². The number of fused-ring (bicyclic) bond motifs is 2. The number of hydrogen-bond donors (Lipinski definition) is 0. The lowest BCUT2D eigenvalue weighted by Gasteiger charge is -2.29. The summed E-state index contributed by atoms with van der Waals surface area (Å²) in [6.45, 7) is 5.79. The summed E-state index contributed by atoms with van der Waals surface area (Å²) in [5.41, 5.74) is 3.47. The molecule has 0 N–H and O–H groups in total. The lowest BCUT2D eigenvalue weighted by atomic mass is 10.00. The average Bonchev–Trinajstić information content (AvgIpc) is 3.13. The summed E-state index contributed by atoms with van der Waals surface area (Å²) in [5.74, 6) is 0.150. The Morgan fingerprint density at radius 2 is 1.96 bits per heavy atom. The third kappa shape index (κ3) is 2.38. The van der Waals surface area contributed by atoms with Gasteiger partial charge in [0.2, 0.25) is 0 Å². The smallest absolute Gasteiger partial charge is 0.270 e. The van der Waals surface area contributed by atoms with Crippen LogP contribution in [-0.2, 0) is 13.0 Å². The van der Waals surface area contributed by atoms with E-state index in [0.29, 0.717) is 6.54 Å². The summed E-state index contributed by atoms with van der Waals surface area (Å²) in [5, 5.41) is 3.26. The molecule has 4 rings (SSSR count). The Labute approximate surface area is 140 Å². The molecule has 0 bridgehead atoms. The fraction of sp³-hybridized carbons (Fsp3) is 0.316. The van der Waals surface area contributed by atoms with Crippen molar-refractivity contribution in [2.45, 2.75) is 32.9 Å².